The van der Waals surface area contributed by atoms with Crippen LogP contribution in [0.25, 0.3) is 10.2 Å². The van der Waals surface area contributed by atoms with Crippen LogP contribution in [0.1, 0.15) is 78.6 Å². The third-order valence-corrected chi connectivity index (χ3v) is 9.84. The number of benzene rings is 1. The number of aromatic amines is 1. The van der Waals surface area contributed by atoms with E-state index in [2.05, 4.69) is 25.8 Å². The highest BCUT2D eigenvalue weighted by Crippen LogP contribution is 2.36. The molecule has 6 rings (SSSR count). The van der Waals surface area contributed by atoms with Crippen molar-refractivity contribution < 1.29 is 9.47 Å². The number of hydrogen-bond acceptors (Lipinski definition) is 8. The molecule has 3 heterocycles. The standard InChI is InChI=1S/C28H33N5O3S2/c1-35-20-13-12-17(14-21(20)36-2)15-24-31-32-28(33(24)18-8-4-3-5-9-18)37-16-23-29-26(34)25-19-10-6-7-11-22(19)38-27(25)30-23/h12-14,18H,3-11,15-16H2,1-2H3,(H,29,30,34). The molecule has 38 heavy (non-hydrogen) atoms. The normalized spacial score (nSPS) is 16.1. The molecular weight excluding hydrogens is 518 g/mol. The van der Waals surface area contributed by atoms with Gasteiger partial charge >= 0.3 is 0 Å². The van der Waals surface area contributed by atoms with E-state index < -0.39 is 0 Å². The molecule has 3 aromatic heterocycles. The summed E-state index contributed by atoms with van der Waals surface area (Å²) in [4.78, 5) is 23.2. The van der Waals surface area contributed by atoms with E-state index in [9.17, 15) is 4.79 Å². The molecule has 0 spiro atoms. The van der Waals surface area contributed by atoms with Crippen LogP contribution in [-0.2, 0) is 25.0 Å². The topological polar surface area (TPSA) is 94.9 Å². The van der Waals surface area contributed by atoms with Crippen LogP contribution in [0.5, 0.6) is 11.5 Å². The number of ether oxygens (including phenoxy) is 2. The fraction of sp³-hybridized carbons (Fsp3) is 0.500. The zero-order valence-electron chi connectivity index (χ0n) is 21.9. The molecule has 4 aromatic rings. The first-order valence-electron chi connectivity index (χ1n) is 13.5. The second kappa shape index (κ2) is 11.1. The number of aryl methyl sites for hydroxylation is 2. The molecule has 10 heteroatoms. The van der Waals surface area contributed by atoms with E-state index in [1.54, 1.807) is 37.3 Å². The molecule has 200 valence electrons. The van der Waals surface area contributed by atoms with Crippen LogP contribution in [0.3, 0.4) is 0 Å². The van der Waals surface area contributed by atoms with Crippen LogP contribution in [0, 0.1) is 0 Å². The number of thioether (sulfide) groups is 1. The molecule has 0 amide bonds. The maximum absolute atomic E-state index is 13.0. The van der Waals surface area contributed by atoms with Gasteiger partial charge in [0, 0.05) is 17.3 Å². The number of rotatable bonds is 8. The number of fused-ring (bicyclic) bond motifs is 3. The van der Waals surface area contributed by atoms with Gasteiger partial charge in [-0.05, 0) is 61.8 Å². The molecule has 1 N–H and O–H groups in total. The van der Waals surface area contributed by atoms with Gasteiger partial charge in [-0.3, -0.25) is 4.79 Å². The molecule has 1 aromatic carbocycles. The van der Waals surface area contributed by atoms with E-state index >= 15 is 0 Å². The van der Waals surface area contributed by atoms with Gasteiger partial charge in [-0.25, -0.2) is 4.98 Å². The van der Waals surface area contributed by atoms with Gasteiger partial charge in [0.05, 0.1) is 25.4 Å². The average molecular weight is 552 g/mol. The van der Waals surface area contributed by atoms with Gasteiger partial charge in [0.2, 0.25) is 0 Å². The van der Waals surface area contributed by atoms with Crippen LogP contribution >= 0.6 is 23.1 Å². The van der Waals surface area contributed by atoms with Gasteiger partial charge in [-0.2, -0.15) is 0 Å². The maximum atomic E-state index is 13.0. The van der Waals surface area contributed by atoms with Crippen molar-refractivity contribution in [1.29, 1.82) is 0 Å². The average Bonchev–Trinajstić information content (AvgIpc) is 3.53. The van der Waals surface area contributed by atoms with E-state index in [0.717, 1.165) is 58.9 Å². The molecule has 8 nitrogen and oxygen atoms in total. The van der Waals surface area contributed by atoms with Crippen LogP contribution in [0.4, 0.5) is 0 Å². The first-order valence-corrected chi connectivity index (χ1v) is 15.3. The molecule has 0 atom stereocenters. The maximum Gasteiger partial charge on any atom is 0.259 e. The largest absolute Gasteiger partial charge is 0.493 e. The van der Waals surface area contributed by atoms with Crippen molar-refractivity contribution in [2.24, 2.45) is 0 Å². The van der Waals surface area contributed by atoms with Crippen molar-refractivity contribution in [2.75, 3.05) is 14.2 Å². The summed E-state index contributed by atoms with van der Waals surface area (Å²) in [5.74, 6) is 3.63. The minimum Gasteiger partial charge on any atom is -0.493 e. The van der Waals surface area contributed by atoms with E-state index in [1.807, 2.05) is 12.1 Å². The third-order valence-electron chi connectivity index (χ3n) is 7.70. The van der Waals surface area contributed by atoms with Crippen molar-refractivity contribution >= 4 is 33.3 Å². The number of methoxy groups -OCH3 is 2. The summed E-state index contributed by atoms with van der Waals surface area (Å²) in [7, 11) is 3.30. The summed E-state index contributed by atoms with van der Waals surface area (Å²) in [6, 6.07) is 6.38. The Hall–Kier alpha value is -2.85. The van der Waals surface area contributed by atoms with Crippen molar-refractivity contribution in [1.82, 2.24) is 24.7 Å². The Balaban J connectivity index is 1.27. The zero-order valence-corrected chi connectivity index (χ0v) is 23.6. The van der Waals surface area contributed by atoms with Gasteiger partial charge in [-0.1, -0.05) is 37.1 Å². The molecule has 0 radical (unpaired) electrons. The minimum absolute atomic E-state index is 0.00658. The SMILES string of the molecule is COc1ccc(Cc2nnc(SCc3nc4sc5c(c4c(=O)[nH]3)CCCC5)n2C2CCCCC2)cc1OC. The van der Waals surface area contributed by atoms with Crippen molar-refractivity contribution in [2.45, 2.75) is 81.2 Å². The second-order valence-electron chi connectivity index (χ2n) is 10.1. The molecule has 1 fully saturated rings. The third kappa shape index (κ3) is 4.96. The van der Waals surface area contributed by atoms with Crippen LogP contribution < -0.4 is 15.0 Å². The second-order valence-corrected chi connectivity index (χ2v) is 12.1. The van der Waals surface area contributed by atoms with Gasteiger partial charge in [0.15, 0.2) is 16.7 Å². The minimum atomic E-state index is -0.00658. The number of thiophene rings is 1. The van der Waals surface area contributed by atoms with Crippen LogP contribution in [0.15, 0.2) is 28.2 Å². The predicted octanol–water partition coefficient (Wildman–Crippen LogP) is 5.86. The summed E-state index contributed by atoms with van der Waals surface area (Å²) in [6.45, 7) is 0. The van der Waals surface area contributed by atoms with E-state index in [4.69, 9.17) is 14.5 Å². The van der Waals surface area contributed by atoms with Gasteiger partial charge in [0.25, 0.3) is 5.56 Å². The molecule has 2 aliphatic carbocycles. The molecule has 1 saturated carbocycles. The molecule has 0 bridgehead atoms. The number of aromatic nitrogens is 5. The Morgan fingerprint density at radius 3 is 2.68 bits per heavy atom. The van der Waals surface area contributed by atoms with E-state index in [0.29, 0.717) is 35.5 Å². The molecule has 0 aliphatic heterocycles. The lowest BCUT2D eigenvalue weighted by molar-refractivity contribution is 0.330. The zero-order chi connectivity index (χ0) is 26.1. The highest BCUT2D eigenvalue weighted by molar-refractivity contribution is 7.98. The Kier molecular flexibility index (Phi) is 7.43. The highest BCUT2D eigenvalue weighted by atomic mass is 32.2. The Morgan fingerprint density at radius 2 is 1.87 bits per heavy atom. The van der Waals surface area contributed by atoms with Crippen LogP contribution in [-0.4, -0.2) is 39.0 Å². The van der Waals surface area contributed by atoms with Crippen molar-refractivity contribution in [3.05, 3.63) is 56.2 Å². The lowest BCUT2D eigenvalue weighted by atomic mass is 9.95. The fourth-order valence-electron chi connectivity index (χ4n) is 5.82. The summed E-state index contributed by atoms with van der Waals surface area (Å²) in [5.41, 5.74) is 2.32. The van der Waals surface area contributed by atoms with Crippen molar-refractivity contribution in [3.63, 3.8) is 0 Å². The lowest BCUT2D eigenvalue weighted by Crippen LogP contribution is -2.17. The van der Waals surface area contributed by atoms with E-state index in [-0.39, 0.29) is 5.56 Å². The number of nitrogens with one attached hydrogen (secondary N) is 1. The number of H-pyrrole nitrogens is 1. The quantitative estimate of drug-likeness (QED) is 0.274. The lowest BCUT2D eigenvalue weighted by Gasteiger charge is -2.25. The van der Waals surface area contributed by atoms with Crippen LogP contribution in [0.2, 0.25) is 0 Å². The first-order chi connectivity index (χ1) is 18.6. The summed E-state index contributed by atoms with van der Waals surface area (Å²) in [6.07, 6.45) is 11.0. The highest BCUT2D eigenvalue weighted by Gasteiger charge is 2.24. The fourth-order valence-corrected chi connectivity index (χ4v) is 7.99. The summed E-state index contributed by atoms with van der Waals surface area (Å²) in [5, 5.41) is 11.0. The molecule has 0 unspecified atom stereocenters. The monoisotopic (exact) mass is 551 g/mol. The first kappa shape index (κ1) is 25.4. The van der Waals surface area contributed by atoms with Gasteiger partial charge in [-0.15, -0.1) is 21.5 Å². The molecular formula is C28H33N5O3S2. The summed E-state index contributed by atoms with van der Waals surface area (Å²) < 4.78 is 13.3. The summed E-state index contributed by atoms with van der Waals surface area (Å²) >= 11 is 3.30. The predicted molar refractivity (Wildman–Crippen MR) is 151 cm³/mol. The Morgan fingerprint density at radius 1 is 1.05 bits per heavy atom. The number of hydrogen-bond donors (Lipinski definition) is 1. The smallest absolute Gasteiger partial charge is 0.259 e. The Bertz CT molecular complexity index is 1500. The Labute approximate surface area is 230 Å². The number of nitrogens with zero attached hydrogens (tertiary/aromatic N) is 4. The van der Waals surface area contributed by atoms with Crippen molar-refractivity contribution in [3.8, 4) is 11.5 Å². The van der Waals surface area contributed by atoms with E-state index in [1.165, 1.54) is 36.1 Å². The van der Waals surface area contributed by atoms with Gasteiger partial charge in [0.1, 0.15) is 16.5 Å². The molecule has 0 saturated heterocycles. The molecule has 2 aliphatic rings. The van der Waals surface area contributed by atoms with Gasteiger partial charge < -0.3 is 19.0 Å².